The van der Waals surface area contributed by atoms with Crippen LogP contribution in [0.2, 0.25) is 0 Å². The minimum Gasteiger partial charge on any atom is -0.300 e. The zero-order valence-electron chi connectivity index (χ0n) is 5.78. The van der Waals surface area contributed by atoms with E-state index in [1.807, 2.05) is 0 Å². The van der Waals surface area contributed by atoms with Gasteiger partial charge in [0.2, 0.25) is 0 Å². The average molecular weight is 222 g/mol. The number of hydrogen-bond donors (Lipinski definition) is 0. The molecule has 2 nitrogen and oxygen atoms in total. The van der Waals surface area contributed by atoms with Crippen molar-refractivity contribution in [2.24, 2.45) is 0 Å². The third-order valence-electron chi connectivity index (χ3n) is 1.10. The van der Waals surface area contributed by atoms with Gasteiger partial charge in [0.25, 0.3) is 0 Å². The van der Waals surface area contributed by atoms with Crippen molar-refractivity contribution in [2.75, 3.05) is 0 Å². The summed E-state index contributed by atoms with van der Waals surface area (Å²) in [6.07, 6.45) is 0.295. The van der Waals surface area contributed by atoms with E-state index >= 15 is 0 Å². The molecule has 0 saturated carbocycles. The van der Waals surface area contributed by atoms with Crippen molar-refractivity contribution in [3.05, 3.63) is 35.9 Å². The first-order chi connectivity index (χ1) is 4.84. The molecule has 53 valence electrons. The Balaban J connectivity index is 0.000001000. The molecule has 0 amide bonds. The van der Waals surface area contributed by atoms with Crippen LogP contribution < -0.4 is 0 Å². The summed E-state index contributed by atoms with van der Waals surface area (Å²) < 4.78 is 0. The predicted molar refractivity (Wildman–Crippen MR) is 35.7 cm³/mol. The molecule has 1 aromatic carbocycles. The van der Waals surface area contributed by atoms with E-state index in [0.29, 0.717) is 11.8 Å². The Bertz CT molecular complexity index is 244. The summed E-state index contributed by atoms with van der Waals surface area (Å²) >= 11 is 0. The minimum absolute atomic E-state index is 0. The van der Waals surface area contributed by atoms with Crippen LogP contribution >= 0.6 is 0 Å². The molecule has 1 rings (SSSR count). The van der Waals surface area contributed by atoms with E-state index in [4.69, 9.17) is 0 Å². The summed E-state index contributed by atoms with van der Waals surface area (Å²) in [5.74, 6) is -0.503. The first-order valence-electron chi connectivity index (χ1n) is 2.80. The molecule has 0 saturated heterocycles. The van der Waals surface area contributed by atoms with Crippen LogP contribution in [-0.2, 0) is 37.5 Å². The largest absolute Gasteiger partial charge is 0.300 e. The summed E-state index contributed by atoms with van der Waals surface area (Å²) in [5.41, 5.74) is 0.387. The van der Waals surface area contributed by atoms with Crippen molar-refractivity contribution in [2.45, 2.75) is 0 Å². The van der Waals surface area contributed by atoms with Crippen molar-refractivity contribution in [3.63, 3.8) is 0 Å². The zero-order chi connectivity index (χ0) is 7.40. The summed E-state index contributed by atoms with van der Waals surface area (Å²) in [5, 5.41) is 0. The van der Waals surface area contributed by atoms with Crippen LogP contribution in [0.15, 0.2) is 24.3 Å². The molecule has 0 bridgehead atoms. The van der Waals surface area contributed by atoms with Crippen molar-refractivity contribution in [1.82, 2.24) is 0 Å². The van der Waals surface area contributed by atoms with Gasteiger partial charge in [0.15, 0.2) is 12.1 Å². The molecule has 11 heavy (non-hydrogen) atoms. The van der Waals surface area contributed by atoms with E-state index in [-0.39, 0.29) is 32.7 Å². The zero-order valence-corrected chi connectivity index (χ0v) is 8.62. The smallest absolute Gasteiger partial charge is 0.177 e. The molecule has 0 aliphatic carbocycles. The van der Waals surface area contributed by atoms with E-state index in [1.165, 1.54) is 6.07 Å². The molecule has 0 aromatic heterocycles. The molecule has 0 unspecified atom stereocenters. The number of Topliss-reactive ketones (excluding diaryl/α,β-unsaturated/α-hetero) is 1. The minimum atomic E-state index is -0.503. The normalized spacial score (nSPS) is 8.00. The molecular weight excluding hydrogens is 217 g/mol. The van der Waals surface area contributed by atoms with Crippen LogP contribution in [0, 0.1) is 6.07 Å². The van der Waals surface area contributed by atoms with Gasteiger partial charge in [0, 0.05) is 32.7 Å². The second-order valence-corrected chi connectivity index (χ2v) is 1.77. The van der Waals surface area contributed by atoms with Gasteiger partial charge in [-0.3, -0.25) is 4.79 Å². The Hall–Kier alpha value is -0.336. The Morgan fingerprint density at radius 2 is 2.27 bits per heavy atom. The van der Waals surface area contributed by atoms with E-state index in [0.717, 1.165) is 0 Å². The quantitative estimate of drug-likeness (QED) is 0.322. The number of aldehydes is 1. The van der Waals surface area contributed by atoms with Gasteiger partial charge in [-0.25, -0.2) is 0 Å². The molecule has 1 aromatic rings. The van der Waals surface area contributed by atoms with Gasteiger partial charge in [-0.05, 0) is 0 Å². The van der Waals surface area contributed by atoms with E-state index in [9.17, 15) is 9.59 Å². The van der Waals surface area contributed by atoms with Gasteiger partial charge in [0.05, 0.1) is 0 Å². The molecule has 1 radical (unpaired) electrons. The average Bonchev–Trinajstić information content (AvgIpc) is 2.05. The standard InChI is InChI=1S/C8H5O2.Y/c9-6-8(10)7-4-2-1-3-5-7;/h1-2,4-6H;/q-1;. The molecule has 0 atom stereocenters. The summed E-state index contributed by atoms with van der Waals surface area (Å²) in [6.45, 7) is 0. The van der Waals surface area contributed by atoms with Crippen LogP contribution in [0.25, 0.3) is 0 Å². The van der Waals surface area contributed by atoms with Gasteiger partial charge >= 0.3 is 0 Å². The fourth-order valence-corrected chi connectivity index (χ4v) is 0.615. The van der Waals surface area contributed by atoms with E-state index in [2.05, 4.69) is 6.07 Å². The summed E-state index contributed by atoms with van der Waals surface area (Å²) in [6, 6.07) is 9.09. The second-order valence-electron chi connectivity index (χ2n) is 1.77. The van der Waals surface area contributed by atoms with Crippen LogP contribution in [0.3, 0.4) is 0 Å². The molecule has 0 aliphatic rings. The van der Waals surface area contributed by atoms with Crippen molar-refractivity contribution >= 4 is 12.1 Å². The van der Waals surface area contributed by atoms with Crippen LogP contribution in [0.4, 0.5) is 0 Å². The van der Waals surface area contributed by atoms with Gasteiger partial charge < -0.3 is 4.79 Å². The topological polar surface area (TPSA) is 34.1 Å². The molecule has 0 fully saturated rings. The van der Waals surface area contributed by atoms with Crippen LogP contribution in [0.5, 0.6) is 0 Å². The van der Waals surface area contributed by atoms with Gasteiger partial charge in [-0.1, -0.05) is 5.56 Å². The van der Waals surface area contributed by atoms with Crippen LogP contribution in [0.1, 0.15) is 10.4 Å². The predicted octanol–water partition coefficient (Wildman–Crippen LogP) is 0.866. The Kier molecular flexibility index (Phi) is 5.17. The number of carbonyl (C=O) groups excluding carboxylic acids is 2. The third kappa shape index (κ3) is 3.04. The fourth-order valence-electron chi connectivity index (χ4n) is 0.615. The SMILES string of the molecule is O=CC(=O)c1c[c-]ccc1.[Y]. The molecule has 0 aliphatic heterocycles. The first-order valence-corrected chi connectivity index (χ1v) is 2.80. The number of benzene rings is 1. The van der Waals surface area contributed by atoms with Crippen molar-refractivity contribution in [3.8, 4) is 0 Å². The molecule has 0 heterocycles. The fraction of sp³-hybridized carbons (Fsp3) is 0. The maximum Gasteiger partial charge on any atom is 0.177 e. The molecular formula is C8H5O2Y-. The Labute approximate surface area is 89.9 Å². The van der Waals surface area contributed by atoms with E-state index < -0.39 is 5.78 Å². The number of carbonyl (C=O) groups is 2. The van der Waals surface area contributed by atoms with Gasteiger partial charge in [-0.2, -0.15) is 30.3 Å². The number of rotatable bonds is 2. The monoisotopic (exact) mass is 222 g/mol. The number of hydrogen-bond acceptors (Lipinski definition) is 2. The maximum absolute atomic E-state index is 10.6. The summed E-state index contributed by atoms with van der Waals surface area (Å²) in [7, 11) is 0. The first kappa shape index (κ1) is 10.7. The van der Waals surface area contributed by atoms with Gasteiger partial charge in [0.1, 0.15) is 0 Å². The molecule has 3 heteroatoms. The second kappa shape index (κ2) is 5.33. The van der Waals surface area contributed by atoms with Crippen molar-refractivity contribution in [1.29, 1.82) is 0 Å². The number of ketones is 1. The molecule has 0 N–H and O–H groups in total. The maximum atomic E-state index is 10.6. The molecule has 0 spiro atoms. The van der Waals surface area contributed by atoms with Gasteiger partial charge in [-0.15, -0.1) is 0 Å². The van der Waals surface area contributed by atoms with E-state index in [1.54, 1.807) is 18.2 Å². The third-order valence-corrected chi connectivity index (χ3v) is 1.10. The van der Waals surface area contributed by atoms with Crippen LogP contribution in [-0.4, -0.2) is 12.1 Å². The summed E-state index contributed by atoms with van der Waals surface area (Å²) in [4.78, 5) is 20.6. The van der Waals surface area contributed by atoms with Crippen molar-refractivity contribution < 1.29 is 42.3 Å². The Morgan fingerprint density at radius 1 is 1.55 bits per heavy atom. The Morgan fingerprint density at radius 3 is 2.73 bits per heavy atom.